The SMILES string of the molecule is CNC(=O)c1ccc(OCC(C)NCC(O)COc2ccc(CCC(N)=O)cc2)cc1. The zero-order chi connectivity index (χ0) is 22.6. The predicted octanol–water partition coefficient (Wildman–Crippen LogP) is 1.26. The molecule has 0 bridgehead atoms. The van der Waals surface area contributed by atoms with Crippen molar-refractivity contribution in [2.75, 3.05) is 26.8 Å². The molecule has 0 saturated heterocycles. The van der Waals surface area contributed by atoms with E-state index in [9.17, 15) is 14.7 Å². The van der Waals surface area contributed by atoms with Crippen LogP contribution < -0.4 is 25.8 Å². The number of carbonyl (C=O) groups is 2. The zero-order valence-electron chi connectivity index (χ0n) is 18.0. The maximum atomic E-state index is 11.5. The van der Waals surface area contributed by atoms with E-state index in [2.05, 4.69) is 10.6 Å². The summed E-state index contributed by atoms with van der Waals surface area (Å²) in [4.78, 5) is 22.4. The van der Waals surface area contributed by atoms with Gasteiger partial charge in [0.25, 0.3) is 5.91 Å². The molecule has 0 fully saturated rings. The van der Waals surface area contributed by atoms with Crippen molar-refractivity contribution in [3.05, 3.63) is 59.7 Å². The van der Waals surface area contributed by atoms with E-state index in [1.165, 1.54) is 0 Å². The van der Waals surface area contributed by atoms with Gasteiger partial charge < -0.3 is 30.9 Å². The predicted molar refractivity (Wildman–Crippen MR) is 118 cm³/mol. The van der Waals surface area contributed by atoms with Gasteiger partial charge in [0.1, 0.15) is 30.8 Å². The Labute approximate surface area is 182 Å². The van der Waals surface area contributed by atoms with E-state index in [-0.39, 0.29) is 24.5 Å². The van der Waals surface area contributed by atoms with Gasteiger partial charge in [-0.25, -0.2) is 0 Å². The first-order chi connectivity index (χ1) is 14.9. The van der Waals surface area contributed by atoms with E-state index in [1.54, 1.807) is 31.3 Å². The Morgan fingerprint density at radius 3 is 2.16 bits per heavy atom. The normalized spacial score (nSPS) is 12.6. The lowest BCUT2D eigenvalue weighted by Crippen LogP contribution is -2.39. The maximum absolute atomic E-state index is 11.5. The third kappa shape index (κ3) is 9.06. The van der Waals surface area contributed by atoms with Crippen molar-refractivity contribution >= 4 is 11.8 Å². The van der Waals surface area contributed by atoms with Crippen molar-refractivity contribution in [1.29, 1.82) is 0 Å². The second-order valence-corrected chi connectivity index (χ2v) is 7.30. The van der Waals surface area contributed by atoms with Crippen LogP contribution >= 0.6 is 0 Å². The van der Waals surface area contributed by atoms with Gasteiger partial charge in [-0.05, 0) is 55.3 Å². The Morgan fingerprint density at radius 1 is 1.00 bits per heavy atom. The van der Waals surface area contributed by atoms with E-state index >= 15 is 0 Å². The highest BCUT2D eigenvalue weighted by atomic mass is 16.5. The molecule has 8 nitrogen and oxygen atoms in total. The number of amides is 2. The number of aliphatic hydroxyl groups is 1. The molecule has 2 atom stereocenters. The van der Waals surface area contributed by atoms with Crippen LogP contribution in [0.1, 0.15) is 29.3 Å². The quantitative estimate of drug-likeness (QED) is 0.380. The minimum Gasteiger partial charge on any atom is -0.492 e. The summed E-state index contributed by atoms with van der Waals surface area (Å²) in [6, 6.07) is 14.3. The lowest BCUT2D eigenvalue weighted by atomic mass is 10.1. The van der Waals surface area contributed by atoms with Crippen molar-refractivity contribution in [3.8, 4) is 11.5 Å². The van der Waals surface area contributed by atoms with E-state index in [0.29, 0.717) is 43.1 Å². The number of nitrogens with two attached hydrogens (primary N) is 1. The van der Waals surface area contributed by atoms with Crippen molar-refractivity contribution in [3.63, 3.8) is 0 Å². The Morgan fingerprint density at radius 2 is 1.58 bits per heavy atom. The standard InChI is InChI=1S/C23H31N3O5/c1-16(14-30-21-10-6-18(7-11-21)23(29)25-2)26-13-19(27)15-31-20-8-3-17(4-9-20)5-12-22(24)28/h3-4,6-11,16,19,26-27H,5,12-15H2,1-2H3,(H2,24,28)(H,25,29). The third-order valence-electron chi connectivity index (χ3n) is 4.57. The van der Waals surface area contributed by atoms with Crippen molar-refractivity contribution in [1.82, 2.24) is 10.6 Å². The van der Waals surface area contributed by atoms with Gasteiger partial charge in [0.05, 0.1) is 0 Å². The molecule has 0 aliphatic heterocycles. The lowest BCUT2D eigenvalue weighted by molar-refractivity contribution is -0.117. The van der Waals surface area contributed by atoms with Gasteiger partial charge in [-0.3, -0.25) is 9.59 Å². The molecule has 0 heterocycles. The largest absolute Gasteiger partial charge is 0.492 e. The van der Waals surface area contributed by atoms with Gasteiger partial charge in [0, 0.05) is 31.6 Å². The highest BCUT2D eigenvalue weighted by Gasteiger charge is 2.10. The number of primary amides is 1. The third-order valence-corrected chi connectivity index (χ3v) is 4.57. The summed E-state index contributed by atoms with van der Waals surface area (Å²) >= 11 is 0. The van der Waals surface area contributed by atoms with E-state index in [0.717, 1.165) is 5.56 Å². The fourth-order valence-electron chi connectivity index (χ4n) is 2.74. The monoisotopic (exact) mass is 429 g/mol. The van der Waals surface area contributed by atoms with Crippen LogP contribution in [0.5, 0.6) is 11.5 Å². The average molecular weight is 430 g/mol. The Kier molecular flexibility index (Phi) is 9.80. The molecule has 0 radical (unpaired) electrons. The fraction of sp³-hybridized carbons (Fsp3) is 0.391. The van der Waals surface area contributed by atoms with E-state index in [4.69, 9.17) is 15.2 Å². The second kappa shape index (κ2) is 12.6. The van der Waals surface area contributed by atoms with Gasteiger partial charge in [-0.2, -0.15) is 0 Å². The summed E-state index contributed by atoms with van der Waals surface area (Å²) in [6.45, 7) is 2.88. The zero-order valence-corrected chi connectivity index (χ0v) is 18.0. The van der Waals surface area contributed by atoms with Gasteiger partial charge in [-0.15, -0.1) is 0 Å². The molecule has 2 aromatic carbocycles. The average Bonchev–Trinajstić information content (AvgIpc) is 2.79. The van der Waals surface area contributed by atoms with Crippen LogP contribution in [-0.4, -0.2) is 55.9 Å². The second-order valence-electron chi connectivity index (χ2n) is 7.30. The number of aryl methyl sites for hydroxylation is 1. The summed E-state index contributed by atoms with van der Waals surface area (Å²) in [5.41, 5.74) is 6.73. The van der Waals surface area contributed by atoms with Crippen LogP contribution in [0, 0.1) is 0 Å². The minimum atomic E-state index is -0.677. The Hall–Kier alpha value is -3.10. The molecule has 0 aliphatic rings. The fourth-order valence-corrected chi connectivity index (χ4v) is 2.74. The summed E-state index contributed by atoms with van der Waals surface area (Å²) in [6.07, 6.45) is 0.234. The highest BCUT2D eigenvalue weighted by Crippen LogP contribution is 2.14. The molecule has 168 valence electrons. The lowest BCUT2D eigenvalue weighted by Gasteiger charge is -2.18. The summed E-state index contributed by atoms with van der Waals surface area (Å²) < 4.78 is 11.3. The van der Waals surface area contributed by atoms with Gasteiger partial charge in [0.2, 0.25) is 5.91 Å². The first-order valence-corrected chi connectivity index (χ1v) is 10.2. The first kappa shape index (κ1) is 24.2. The molecule has 8 heteroatoms. The van der Waals surface area contributed by atoms with Gasteiger partial charge in [-0.1, -0.05) is 12.1 Å². The smallest absolute Gasteiger partial charge is 0.251 e. The first-order valence-electron chi connectivity index (χ1n) is 10.2. The molecular formula is C23H31N3O5. The van der Waals surface area contributed by atoms with E-state index in [1.807, 2.05) is 31.2 Å². The number of aliphatic hydroxyl groups excluding tert-OH is 1. The Bertz CT molecular complexity index is 824. The number of carbonyl (C=O) groups excluding carboxylic acids is 2. The molecule has 31 heavy (non-hydrogen) atoms. The minimum absolute atomic E-state index is 0.0119. The molecule has 5 N–H and O–H groups in total. The number of hydrogen-bond acceptors (Lipinski definition) is 6. The van der Waals surface area contributed by atoms with Crippen LogP contribution in [0.25, 0.3) is 0 Å². The number of benzene rings is 2. The molecule has 2 aromatic rings. The number of nitrogens with one attached hydrogen (secondary N) is 2. The van der Waals surface area contributed by atoms with Gasteiger partial charge in [0.15, 0.2) is 0 Å². The molecular weight excluding hydrogens is 398 g/mol. The molecule has 2 amide bonds. The molecule has 0 saturated carbocycles. The highest BCUT2D eigenvalue weighted by molar-refractivity contribution is 5.94. The number of rotatable bonds is 13. The number of ether oxygens (including phenoxy) is 2. The Balaban J connectivity index is 1.64. The summed E-state index contributed by atoms with van der Waals surface area (Å²) in [5.74, 6) is 0.856. The molecule has 2 unspecified atom stereocenters. The van der Waals surface area contributed by atoms with Crippen LogP contribution in [-0.2, 0) is 11.2 Å². The summed E-state index contributed by atoms with van der Waals surface area (Å²) in [7, 11) is 1.59. The molecule has 0 aromatic heterocycles. The van der Waals surface area contributed by atoms with Crippen molar-refractivity contribution in [2.45, 2.75) is 31.9 Å². The van der Waals surface area contributed by atoms with Crippen LogP contribution in [0.4, 0.5) is 0 Å². The van der Waals surface area contributed by atoms with E-state index < -0.39 is 6.10 Å². The van der Waals surface area contributed by atoms with Crippen LogP contribution in [0.3, 0.4) is 0 Å². The van der Waals surface area contributed by atoms with Crippen LogP contribution in [0.2, 0.25) is 0 Å². The molecule has 0 spiro atoms. The molecule has 2 rings (SSSR count). The molecule has 0 aliphatic carbocycles. The van der Waals surface area contributed by atoms with Crippen LogP contribution in [0.15, 0.2) is 48.5 Å². The summed E-state index contributed by atoms with van der Waals surface area (Å²) in [5, 5.41) is 15.9. The van der Waals surface area contributed by atoms with Crippen molar-refractivity contribution < 1.29 is 24.2 Å². The number of hydrogen-bond donors (Lipinski definition) is 4. The topological polar surface area (TPSA) is 123 Å². The van der Waals surface area contributed by atoms with Crippen molar-refractivity contribution in [2.24, 2.45) is 5.73 Å². The maximum Gasteiger partial charge on any atom is 0.251 e. The van der Waals surface area contributed by atoms with Gasteiger partial charge >= 0.3 is 0 Å².